The number of rotatable bonds is 6. The number of likely N-dealkylation sites (N-methyl/N-ethyl adjacent to an activating group) is 1. The summed E-state index contributed by atoms with van der Waals surface area (Å²) in [7, 11) is 6.46. The van der Waals surface area contributed by atoms with Gasteiger partial charge in [0.05, 0.1) is 27.3 Å². The number of hydrogen-bond donors (Lipinski definition) is 2. The number of halogens is 1. The van der Waals surface area contributed by atoms with Crippen LogP contribution in [0.3, 0.4) is 0 Å². The fourth-order valence-corrected chi connectivity index (χ4v) is 2.90. The van der Waals surface area contributed by atoms with Gasteiger partial charge in [0.2, 0.25) is 5.91 Å². The van der Waals surface area contributed by atoms with Crippen molar-refractivity contribution in [2.24, 2.45) is 4.99 Å². The lowest BCUT2D eigenvalue weighted by Gasteiger charge is -2.32. The molecule has 0 bridgehead atoms. The van der Waals surface area contributed by atoms with E-state index in [1.165, 1.54) is 12.0 Å². The zero-order valence-electron chi connectivity index (χ0n) is 18.0. The molecule has 10 heteroatoms. The van der Waals surface area contributed by atoms with Crippen LogP contribution in [0, 0.1) is 0 Å². The number of aliphatic imine (C=N–C) groups is 1. The zero-order chi connectivity index (χ0) is 21.2. The molecule has 1 aliphatic heterocycles. The van der Waals surface area contributed by atoms with Gasteiger partial charge in [0.15, 0.2) is 5.96 Å². The van der Waals surface area contributed by atoms with Crippen LogP contribution in [0.15, 0.2) is 29.3 Å². The highest BCUT2D eigenvalue weighted by Crippen LogP contribution is 2.13. The molecule has 1 fully saturated rings. The maximum absolute atomic E-state index is 11.9. The van der Waals surface area contributed by atoms with Crippen LogP contribution >= 0.6 is 24.0 Å². The number of benzene rings is 1. The van der Waals surface area contributed by atoms with Crippen molar-refractivity contribution in [3.05, 3.63) is 29.8 Å². The molecule has 30 heavy (non-hydrogen) atoms. The summed E-state index contributed by atoms with van der Waals surface area (Å²) < 4.78 is 9.95. The van der Waals surface area contributed by atoms with E-state index in [1.54, 1.807) is 26.1 Å². The Labute approximate surface area is 195 Å². The highest BCUT2D eigenvalue weighted by molar-refractivity contribution is 14.0. The van der Waals surface area contributed by atoms with Gasteiger partial charge < -0.3 is 29.9 Å². The van der Waals surface area contributed by atoms with Crippen LogP contribution in [0.25, 0.3) is 0 Å². The molecule has 1 saturated heterocycles. The number of piperidine rings is 1. The first-order chi connectivity index (χ1) is 13.9. The average Bonchev–Trinajstić information content (AvgIpc) is 2.75. The average molecular weight is 533 g/mol. The number of carbonyl (C=O) groups excluding carboxylic acids is 2. The summed E-state index contributed by atoms with van der Waals surface area (Å²) in [5.41, 5.74) is 1.03. The van der Waals surface area contributed by atoms with E-state index in [0.29, 0.717) is 25.6 Å². The smallest absolute Gasteiger partial charge is 0.409 e. The Morgan fingerprint density at radius 3 is 2.33 bits per heavy atom. The zero-order valence-corrected chi connectivity index (χ0v) is 20.3. The molecule has 2 rings (SSSR count). The summed E-state index contributed by atoms with van der Waals surface area (Å²) in [5, 5.41) is 6.49. The van der Waals surface area contributed by atoms with Gasteiger partial charge in [-0.1, -0.05) is 12.1 Å². The van der Waals surface area contributed by atoms with Crippen LogP contribution in [0.1, 0.15) is 18.4 Å². The Kier molecular flexibility index (Phi) is 11.3. The number of nitrogens with one attached hydrogen (secondary N) is 2. The number of methoxy groups -OCH3 is 2. The summed E-state index contributed by atoms with van der Waals surface area (Å²) >= 11 is 0. The standard InChI is InChI=1S/C20H31N5O4.HI/c1-24(2)18(26)14-22-19(21-13-15-5-7-17(28-3)8-6-15)23-16-9-11-25(12-10-16)20(27)29-4;/h5-8,16H,9-14H2,1-4H3,(H2,21,22,23);1H. The van der Waals surface area contributed by atoms with Crippen LogP contribution in [0.4, 0.5) is 4.79 Å². The minimum absolute atomic E-state index is 0. The van der Waals surface area contributed by atoms with E-state index in [9.17, 15) is 9.59 Å². The molecular weight excluding hydrogens is 501 g/mol. The lowest BCUT2D eigenvalue weighted by Crippen LogP contribution is -2.51. The molecule has 0 saturated carbocycles. The second kappa shape index (κ2) is 13.1. The van der Waals surface area contributed by atoms with Crippen molar-refractivity contribution in [1.29, 1.82) is 0 Å². The molecule has 1 aromatic carbocycles. The minimum atomic E-state index is -0.299. The van der Waals surface area contributed by atoms with E-state index in [4.69, 9.17) is 9.47 Å². The number of likely N-dealkylation sites (tertiary alicyclic amines) is 1. The molecule has 0 unspecified atom stereocenters. The summed E-state index contributed by atoms with van der Waals surface area (Å²) in [6.07, 6.45) is 1.26. The fraction of sp³-hybridized carbons (Fsp3) is 0.550. The number of hydrogen-bond acceptors (Lipinski definition) is 5. The number of ether oxygens (including phenoxy) is 2. The molecule has 0 aromatic heterocycles. The van der Waals surface area contributed by atoms with Gasteiger partial charge in [-0.15, -0.1) is 24.0 Å². The van der Waals surface area contributed by atoms with Crippen LogP contribution < -0.4 is 15.4 Å². The quantitative estimate of drug-likeness (QED) is 0.328. The van der Waals surface area contributed by atoms with Gasteiger partial charge >= 0.3 is 6.09 Å². The molecule has 1 aliphatic rings. The van der Waals surface area contributed by atoms with Crippen molar-refractivity contribution in [3.63, 3.8) is 0 Å². The third kappa shape index (κ3) is 8.25. The van der Waals surface area contributed by atoms with E-state index in [1.807, 2.05) is 24.3 Å². The van der Waals surface area contributed by atoms with Crippen molar-refractivity contribution < 1.29 is 19.1 Å². The van der Waals surface area contributed by atoms with Crippen molar-refractivity contribution in [3.8, 4) is 5.75 Å². The van der Waals surface area contributed by atoms with Crippen molar-refractivity contribution in [2.45, 2.75) is 25.4 Å². The lowest BCUT2D eigenvalue weighted by molar-refractivity contribution is -0.127. The van der Waals surface area contributed by atoms with Crippen LogP contribution in [-0.4, -0.2) is 81.8 Å². The largest absolute Gasteiger partial charge is 0.497 e. The Balaban J connectivity index is 0.00000450. The predicted molar refractivity (Wildman–Crippen MR) is 126 cm³/mol. The molecule has 9 nitrogen and oxygen atoms in total. The number of amides is 2. The third-order valence-corrected chi connectivity index (χ3v) is 4.75. The van der Waals surface area contributed by atoms with Gasteiger partial charge in [0.25, 0.3) is 0 Å². The highest BCUT2D eigenvalue weighted by atomic mass is 127. The van der Waals surface area contributed by atoms with Gasteiger partial charge in [0, 0.05) is 33.2 Å². The van der Waals surface area contributed by atoms with Gasteiger partial charge in [-0.3, -0.25) is 4.79 Å². The fourth-order valence-electron chi connectivity index (χ4n) is 2.90. The van der Waals surface area contributed by atoms with E-state index in [-0.39, 0.29) is 48.6 Å². The minimum Gasteiger partial charge on any atom is -0.497 e. The predicted octanol–water partition coefficient (Wildman–Crippen LogP) is 1.67. The van der Waals surface area contributed by atoms with Gasteiger partial charge in [0.1, 0.15) is 5.75 Å². The molecule has 0 spiro atoms. The molecule has 2 amide bonds. The lowest BCUT2D eigenvalue weighted by atomic mass is 10.1. The van der Waals surface area contributed by atoms with E-state index < -0.39 is 0 Å². The monoisotopic (exact) mass is 533 g/mol. The Morgan fingerprint density at radius 1 is 1.17 bits per heavy atom. The summed E-state index contributed by atoms with van der Waals surface area (Å²) in [6, 6.07) is 7.86. The van der Waals surface area contributed by atoms with Crippen molar-refractivity contribution >= 4 is 41.9 Å². The van der Waals surface area contributed by atoms with Crippen LogP contribution in [-0.2, 0) is 16.1 Å². The molecule has 1 aromatic rings. The SMILES string of the molecule is COC(=O)N1CCC(NC(=NCc2ccc(OC)cc2)NCC(=O)N(C)C)CC1.I. The first kappa shape index (κ1) is 25.8. The molecule has 0 radical (unpaired) electrons. The number of carbonyl (C=O) groups is 2. The second-order valence-electron chi connectivity index (χ2n) is 7.03. The van der Waals surface area contributed by atoms with E-state index in [2.05, 4.69) is 15.6 Å². The maximum atomic E-state index is 11.9. The first-order valence-electron chi connectivity index (χ1n) is 9.63. The number of guanidine groups is 1. The molecule has 0 aliphatic carbocycles. The summed E-state index contributed by atoms with van der Waals surface area (Å²) in [6.45, 7) is 1.86. The van der Waals surface area contributed by atoms with Crippen molar-refractivity contribution in [1.82, 2.24) is 20.4 Å². The van der Waals surface area contributed by atoms with Gasteiger partial charge in [-0.25, -0.2) is 9.79 Å². The van der Waals surface area contributed by atoms with E-state index >= 15 is 0 Å². The van der Waals surface area contributed by atoms with Crippen LogP contribution in [0.2, 0.25) is 0 Å². The topological polar surface area (TPSA) is 95.5 Å². The Hall–Kier alpha value is -2.24. The van der Waals surface area contributed by atoms with Gasteiger partial charge in [-0.2, -0.15) is 0 Å². The van der Waals surface area contributed by atoms with Crippen LogP contribution in [0.5, 0.6) is 5.75 Å². The summed E-state index contributed by atoms with van der Waals surface area (Å²) in [5.74, 6) is 1.33. The molecule has 2 N–H and O–H groups in total. The maximum Gasteiger partial charge on any atom is 0.409 e. The Bertz CT molecular complexity index is 704. The second-order valence-corrected chi connectivity index (χ2v) is 7.03. The third-order valence-electron chi connectivity index (χ3n) is 4.75. The first-order valence-corrected chi connectivity index (χ1v) is 9.63. The van der Waals surface area contributed by atoms with E-state index in [0.717, 1.165) is 24.2 Å². The summed E-state index contributed by atoms with van der Waals surface area (Å²) in [4.78, 5) is 31.4. The van der Waals surface area contributed by atoms with Crippen molar-refractivity contribution in [2.75, 3.05) is 47.9 Å². The van der Waals surface area contributed by atoms with Gasteiger partial charge in [-0.05, 0) is 30.5 Å². The number of nitrogens with zero attached hydrogens (tertiary/aromatic N) is 3. The Morgan fingerprint density at radius 2 is 1.80 bits per heavy atom. The molecule has 0 atom stereocenters. The normalized spacial score (nSPS) is 14.4. The highest BCUT2D eigenvalue weighted by Gasteiger charge is 2.23. The molecule has 1 heterocycles. The molecule has 168 valence electrons. The molecular formula is C20H32IN5O4.